The molecule has 0 fully saturated rings. The number of unbranched alkanes of at least 4 members (excludes halogenated alkanes) is 1. The number of hydrogen-bond acceptors (Lipinski definition) is 2. The van der Waals surface area contributed by atoms with Crippen LogP contribution in [0.5, 0.6) is 0 Å². The van der Waals surface area contributed by atoms with Crippen LogP contribution in [-0.2, 0) is 4.79 Å². The lowest BCUT2D eigenvalue weighted by atomic mass is 10.0. The van der Waals surface area contributed by atoms with Crippen molar-refractivity contribution in [3.8, 4) is 0 Å². The van der Waals surface area contributed by atoms with Crippen LogP contribution in [0.1, 0.15) is 39.5 Å². The number of carboxylic acid groups (broad SMARTS) is 1. The average Bonchev–Trinajstić information content (AvgIpc) is 2.10. The highest BCUT2D eigenvalue weighted by Crippen LogP contribution is 2.07. The maximum atomic E-state index is 10.8. The highest BCUT2D eigenvalue weighted by molar-refractivity contribution is 5.85. The highest BCUT2D eigenvalue weighted by Gasteiger charge is 2.15. The van der Waals surface area contributed by atoms with Crippen LogP contribution in [0.3, 0.4) is 0 Å². The summed E-state index contributed by atoms with van der Waals surface area (Å²) >= 11 is 0. The minimum Gasteiger partial charge on any atom is -0.481 e. The summed E-state index contributed by atoms with van der Waals surface area (Å²) in [6.07, 6.45) is 3.92. The zero-order chi connectivity index (χ0) is 10.1. The van der Waals surface area contributed by atoms with Gasteiger partial charge in [-0.15, -0.1) is 24.8 Å². The van der Waals surface area contributed by atoms with Gasteiger partial charge in [-0.1, -0.05) is 26.7 Å². The Morgan fingerprint density at radius 3 is 2.27 bits per heavy atom. The van der Waals surface area contributed by atoms with Crippen molar-refractivity contribution in [3.05, 3.63) is 0 Å². The molecule has 0 aliphatic heterocycles. The molecule has 0 heterocycles. The molecule has 1 atom stereocenters. The van der Waals surface area contributed by atoms with Crippen molar-refractivity contribution in [2.24, 2.45) is 5.92 Å². The summed E-state index contributed by atoms with van der Waals surface area (Å²) in [4.78, 5) is 10.8. The molecule has 0 amide bonds. The first-order valence-corrected chi connectivity index (χ1v) is 5.15. The molecule has 0 saturated carbocycles. The minimum absolute atomic E-state index is 0. The van der Waals surface area contributed by atoms with Crippen LogP contribution in [0.15, 0.2) is 0 Å². The molecule has 15 heavy (non-hydrogen) atoms. The van der Waals surface area contributed by atoms with E-state index < -0.39 is 5.97 Å². The summed E-state index contributed by atoms with van der Waals surface area (Å²) in [5.41, 5.74) is 0. The topological polar surface area (TPSA) is 49.3 Å². The van der Waals surface area contributed by atoms with E-state index in [1.54, 1.807) is 0 Å². The van der Waals surface area contributed by atoms with E-state index in [0.29, 0.717) is 6.54 Å². The lowest BCUT2D eigenvalue weighted by molar-refractivity contribution is -0.141. The van der Waals surface area contributed by atoms with Crippen LogP contribution >= 0.6 is 24.8 Å². The van der Waals surface area contributed by atoms with Crippen LogP contribution in [0, 0.1) is 5.92 Å². The lowest BCUT2D eigenvalue weighted by Gasteiger charge is -2.11. The molecule has 0 aromatic carbocycles. The molecule has 0 spiro atoms. The van der Waals surface area contributed by atoms with Gasteiger partial charge >= 0.3 is 5.97 Å². The van der Waals surface area contributed by atoms with E-state index in [2.05, 4.69) is 19.2 Å². The number of carboxylic acids is 1. The van der Waals surface area contributed by atoms with Gasteiger partial charge in [-0.25, -0.2) is 0 Å². The van der Waals surface area contributed by atoms with Crippen molar-refractivity contribution >= 4 is 30.8 Å². The summed E-state index contributed by atoms with van der Waals surface area (Å²) in [6.45, 7) is 5.69. The molecular weight excluding hydrogens is 237 g/mol. The first kappa shape index (κ1) is 20.4. The zero-order valence-corrected chi connectivity index (χ0v) is 11.1. The number of aliphatic carboxylic acids is 1. The summed E-state index contributed by atoms with van der Waals surface area (Å²) in [7, 11) is 0. The quantitative estimate of drug-likeness (QED) is 0.660. The predicted molar refractivity (Wildman–Crippen MR) is 68.3 cm³/mol. The number of halogens is 2. The largest absolute Gasteiger partial charge is 0.481 e. The number of carbonyl (C=O) groups is 1. The van der Waals surface area contributed by atoms with Crippen LogP contribution in [0.4, 0.5) is 0 Å². The zero-order valence-electron chi connectivity index (χ0n) is 9.49. The summed E-state index contributed by atoms with van der Waals surface area (Å²) in [6, 6.07) is 0. The Hall–Kier alpha value is 0.01000. The van der Waals surface area contributed by atoms with E-state index in [9.17, 15) is 4.79 Å². The molecule has 0 radical (unpaired) electrons. The van der Waals surface area contributed by atoms with Gasteiger partial charge in [-0.2, -0.15) is 0 Å². The van der Waals surface area contributed by atoms with E-state index in [-0.39, 0.29) is 30.7 Å². The van der Waals surface area contributed by atoms with Crippen molar-refractivity contribution in [3.63, 3.8) is 0 Å². The highest BCUT2D eigenvalue weighted by atomic mass is 35.5. The fourth-order valence-corrected chi connectivity index (χ4v) is 1.22. The van der Waals surface area contributed by atoms with Gasteiger partial charge in [0.2, 0.25) is 0 Å². The maximum absolute atomic E-state index is 10.8. The second-order valence-electron chi connectivity index (χ2n) is 3.38. The van der Waals surface area contributed by atoms with Crippen LogP contribution in [0.25, 0.3) is 0 Å². The molecule has 2 N–H and O–H groups in total. The molecule has 1 unspecified atom stereocenters. The van der Waals surface area contributed by atoms with Gasteiger partial charge in [-0.3, -0.25) is 4.79 Å². The summed E-state index contributed by atoms with van der Waals surface area (Å²) in [5.74, 6) is -0.872. The van der Waals surface area contributed by atoms with E-state index in [0.717, 1.165) is 32.2 Å². The second kappa shape index (κ2) is 14.0. The van der Waals surface area contributed by atoms with Crippen molar-refractivity contribution in [1.29, 1.82) is 0 Å². The molecule has 94 valence electrons. The summed E-state index contributed by atoms with van der Waals surface area (Å²) in [5, 5.41) is 12.0. The van der Waals surface area contributed by atoms with Gasteiger partial charge in [0.25, 0.3) is 0 Å². The molecule has 3 nitrogen and oxygen atoms in total. The maximum Gasteiger partial charge on any atom is 0.307 e. The number of rotatable bonds is 8. The molecular formula is C10H23Cl2NO2. The molecule has 5 heteroatoms. The molecule has 0 aromatic rings. The minimum atomic E-state index is -0.669. The monoisotopic (exact) mass is 259 g/mol. The van der Waals surface area contributed by atoms with E-state index >= 15 is 0 Å². The first-order chi connectivity index (χ1) is 6.22. The number of nitrogens with one attached hydrogen (secondary N) is 1. The Labute approximate surface area is 105 Å². The van der Waals surface area contributed by atoms with Gasteiger partial charge in [0.15, 0.2) is 0 Å². The smallest absolute Gasteiger partial charge is 0.307 e. The fourth-order valence-electron chi connectivity index (χ4n) is 1.22. The fraction of sp³-hybridized carbons (Fsp3) is 0.900. The third-order valence-corrected chi connectivity index (χ3v) is 2.07. The molecule has 0 rings (SSSR count). The van der Waals surface area contributed by atoms with Crippen molar-refractivity contribution in [1.82, 2.24) is 5.32 Å². The standard InChI is InChI=1S/C10H21NO2.2ClH/c1-3-5-6-9(10(12)13)8-11-7-4-2;;/h9,11H,3-8H2,1-2H3,(H,12,13);2*1H. The Balaban J connectivity index is -0.000000720. The Kier molecular flexibility index (Phi) is 19.1. The van der Waals surface area contributed by atoms with Crippen molar-refractivity contribution < 1.29 is 9.90 Å². The van der Waals surface area contributed by atoms with E-state index in [1.165, 1.54) is 0 Å². The second-order valence-corrected chi connectivity index (χ2v) is 3.38. The van der Waals surface area contributed by atoms with Crippen LogP contribution in [0.2, 0.25) is 0 Å². The van der Waals surface area contributed by atoms with Gasteiger partial charge < -0.3 is 10.4 Å². The predicted octanol–water partition coefficient (Wildman–Crippen LogP) is 2.72. The Bertz CT molecular complexity index is 145. The number of hydrogen-bond donors (Lipinski definition) is 2. The van der Waals surface area contributed by atoms with Crippen LogP contribution < -0.4 is 5.32 Å². The third kappa shape index (κ3) is 11.9. The van der Waals surface area contributed by atoms with Crippen LogP contribution in [-0.4, -0.2) is 24.2 Å². The molecule has 0 bridgehead atoms. The van der Waals surface area contributed by atoms with Gasteiger partial charge in [-0.05, 0) is 19.4 Å². The lowest BCUT2D eigenvalue weighted by Crippen LogP contribution is -2.28. The molecule has 0 saturated heterocycles. The van der Waals surface area contributed by atoms with Gasteiger partial charge in [0, 0.05) is 6.54 Å². The SMILES string of the molecule is CCCCC(CNCCC)C(=O)O.Cl.Cl. The van der Waals surface area contributed by atoms with Gasteiger partial charge in [0.1, 0.15) is 0 Å². The van der Waals surface area contributed by atoms with E-state index in [4.69, 9.17) is 5.11 Å². The van der Waals surface area contributed by atoms with Gasteiger partial charge in [0.05, 0.1) is 5.92 Å². The molecule has 0 aromatic heterocycles. The third-order valence-electron chi connectivity index (χ3n) is 2.07. The Morgan fingerprint density at radius 1 is 1.27 bits per heavy atom. The molecule has 0 aliphatic rings. The first-order valence-electron chi connectivity index (χ1n) is 5.15. The normalized spacial score (nSPS) is 11.1. The van der Waals surface area contributed by atoms with Crippen molar-refractivity contribution in [2.45, 2.75) is 39.5 Å². The Morgan fingerprint density at radius 2 is 1.87 bits per heavy atom. The van der Waals surface area contributed by atoms with Crippen molar-refractivity contribution in [2.75, 3.05) is 13.1 Å². The summed E-state index contributed by atoms with van der Waals surface area (Å²) < 4.78 is 0. The van der Waals surface area contributed by atoms with E-state index in [1.807, 2.05) is 0 Å². The average molecular weight is 260 g/mol. The molecule has 0 aliphatic carbocycles.